The van der Waals surface area contributed by atoms with E-state index >= 15 is 0 Å². The second-order valence-corrected chi connectivity index (χ2v) is 9.25. The Morgan fingerprint density at radius 1 is 1.25 bits per heavy atom. The summed E-state index contributed by atoms with van der Waals surface area (Å²) in [7, 11) is -1.90. The molecule has 0 bridgehead atoms. The standard InChI is InChI=1S/C16H19N3O2S3/c1-11(2)16-17-14(9-19(16)3)24(20,21)18-15(12-6-8-22-10-12)13-5-4-7-23-13/h4-11,15,18H,1-3H3. The van der Waals surface area contributed by atoms with Crippen LogP contribution in [0.25, 0.3) is 0 Å². The van der Waals surface area contributed by atoms with Crippen LogP contribution in [0, 0.1) is 0 Å². The van der Waals surface area contributed by atoms with Gasteiger partial charge < -0.3 is 4.57 Å². The maximum absolute atomic E-state index is 12.8. The second-order valence-electron chi connectivity index (χ2n) is 5.83. The van der Waals surface area contributed by atoms with E-state index < -0.39 is 16.1 Å². The highest BCUT2D eigenvalue weighted by molar-refractivity contribution is 7.89. The normalized spacial score (nSPS) is 13.5. The molecule has 0 aliphatic carbocycles. The van der Waals surface area contributed by atoms with Gasteiger partial charge in [-0.05, 0) is 33.8 Å². The van der Waals surface area contributed by atoms with Crippen molar-refractivity contribution in [2.75, 3.05) is 0 Å². The molecule has 5 nitrogen and oxygen atoms in total. The second kappa shape index (κ2) is 6.79. The first-order valence-electron chi connectivity index (χ1n) is 7.49. The van der Waals surface area contributed by atoms with Gasteiger partial charge in [0.25, 0.3) is 10.0 Å². The third kappa shape index (κ3) is 3.46. The van der Waals surface area contributed by atoms with E-state index in [1.165, 1.54) is 11.3 Å². The number of aryl methyl sites for hydroxylation is 1. The molecule has 0 spiro atoms. The van der Waals surface area contributed by atoms with Crippen LogP contribution >= 0.6 is 22.7 Å². The Hall–Kier alpha value is -1.48. The summed E-state index contributed by atoms with van der Waals surface area (Å²) in [5.74, 6) is 0.905. The molecule has 3 heterocycles. The average molecular weight is 382 g/mol. The first kappa shape index (κ1) is 17.3. The van der Waals surface area contributed by atoms with Crippen molar-refractivity contribution < 1.29 is 8.42 Å². The molecule has 1 atom stereocenters. The molecule has 0 aliphatic heterocycles. The highest BCUT2D eigenvalue weighted by Gasteiger charge is 2.27. The Morgan fingerprint density at radius 2 is 2.04 bits per heavy atom. The average Bonchev–Trinajstić information content (AvgIpc) is 3.26. The summed E-state index contributed by atoms with van der Waals surface area (Å²) in [5, 5.41) is 5.92. The number of hydrogen-bond donors (Lipinski definition) is 1. The van der Waals surface area contributed by atoms with E-state index in [1.807, 2.05) is 55.2 Å². The van der Waals surface area contributed by atoms with Crippen LogP contribution in [0.4, 0.5) is 0 Å². The van der Waals surface area contributed by atoms with Crippen molar-refractivity contribution in [3.8, 4) is 0 Å². The van der Waals surface area contributed by atoms with E-state index in [4.69, 9.17) is 0 Å². The lowest BCUT2D eigenvalue weighted by Crippen LogP contribution is -2.29. The number of imidazole rings is 1. The van der Waals surface area contributed by atoms with Gasteiger partial charge in [0.1, 0.15) is 5.82 Å². The summed E-state index contributed by atoms with van der Waals surface area (Å²) < 4.78 is 30.3. The Bertz CT molecular complexity index is 860. The van der Waals surface area contributed by atoms with Crippen LogP contribution in [-0.2, 0) is 17.1 Å². The molecule has 0 amide bonds. The van der Waals surface area contributed by atoms with Crippen molar-refractivity contribution in [3.63, 3.8) is 0 Å². The Labute approximate surface area is 150 Å². The minimum atomic E-state index is -3.72. The lowest BCUT2D eigenvalue weighted by molar-refractivity contribution is 0.569. The number of sulfonamides is 1. The maximum atomic E-state index is 12.8. The molecule has 1 unspecified atom stereocenters. The Kier molecular flexibility index (Phi) is 4.91. The molecule has 3 rings (SSSR count). The minimum Gasteiger partial charge on any atom is -0.336 e. The van der Waals surface area contributed by atoms with Gasteiger partial charge in [-0.3, -0.25) is 0 Å². The van der Waals surface area contributed by atoms with E-state index in [9.17, 15) is 8.42 Å². The molecule has 0 saturated heterocycles. The van der Waals surface area contributed by atoms with Gasteiger partial charge in [0.05, 0.1) is 6.04 Å². The number of rotatable bonds is 6. The molecule has 0 fully saturated rings. The number of thiophene rings is 2. The third-order valence-electron chi connectivity index (χ3n) is 3.66. The van der Waals surface area contributed by atoms with Crippen LogP contribution in [0.3, 0.4) is 0 Å². The summed E-state index contributed by atoms with van der Waals surface area (Å²) in [6.45, 7) is 3.98. The Morgan fingerprint density at radius 3 is 2.58 bits per heavy atom. The maximum Gasteiger partial charge on any atom is 0.260 e. The Balaban J connectivity index is 1.96. The molecule has 24 heavy (non-hydrogen) atoms. The van der Waals surface area contributed by atoms with Gasteiger partial charge in [-0.2, -0.15) is 16.1 Å². The topological polar surface area (TPSA) is 64.0 Å². The van der Waals surface area contributed by atoms with Crippen LogP contribution in [0.2, 0.25) is 0 Å². The van der Waals surface area contributed by atoms with Crippen LogP contribution in [-0.4, -0.2) is 18.0 Å². The van der Waals surface area contributed by atoms with Crippen LogP contribution in [0.5, 0.6) is 0 Å². The van der Waals surface area contributed by atoms with Gasteiger partial charge in [-0.15, -0.1) is 11.3 Å². The lowest BCUT2D eigenvalue weighted by atomic mass is 10.1. The van der Waals surface area contributed by atoms with Crippen molar-refractivity contribution >= 4 is 32.7 Å². The van der Waals surface area contributed by atoms with Crippen molar-refractivity contribution in [2.24, 2.45) is 7.05 Å². The summed E-state index contributed by atoms with van der Waals surface area (Å²) in [6, 6.07) is 5.40. The number of nitrogens with one attached hydrogen (secondary N) is 1. The smallest absolute Gasteiger partial charge is 0.260 e. The zero-order valence-corrected chi connectivity index (χ0v) is 16.1. The van der Waals surface area contributed by atoms with E-state index in [0.29, 0.717) is 0 Å². The van der Waals surface area contributed by atoms with E-state index in [2.05, 4.69) is 9.71 Å². The quantitative estimate of drug-likeness (QED) is 0.707. The fourth-order valence-corrected chi connectivity index (χ4v) is 5.29. The van der Waals surface area contributed by atoms with Gasteiger partial charge in [0.2, 0.25) is 0 Å². The van der Waals surface area contributed by atoms with E-state index in [-0.39, 0.29) is 10.9 Å². The summed E-state index contributed by atoms with van der Waals surface area (Å²) >= 11 is 3.08. The van der Waals surface area contributed by atoms with Crippen LogP contribution in [0.15, 0.2) is 45.6 Å². The predicted molar refractivity (Wildman–Crippen MR) is 98.1 cm³/mol. The predicted octanol–water partition coefficient (Wildman–Crippen LogP) is 3.73. The number of aromatic nitrogens is 2. The molecule has 8 heteroatoms. The lowest BCUT2D eigenvalue weighted by Gasteiger charge is -2.15. The van der Waals surface area contributed by atoms with Crippen molar-refractivity contribution in [1.29, 1.82) is 0 Å². The van der Waals surface area contributed by atoms with Crippen LogP contribution in [0.1, 0.15) is 42.1 Å². The SMILES string of the molecule is CC(C)c1nc(S(=O)(=O)NC(c2ccsc2)c2cccs2)cn1C. The van der Waals surface area contributed by atoms with Gasteiger partial charge in [0.15, 0.2) is 5.03 Å². The molecule has 0 aromatic carbocycles. The van der Waals surface area contributed by atoms with Gasteiger partial charge >= 0.3 is 0 Å². The minimum absolute atomic E-state index is 0.0606. The highest BCUT2D eigenvalue weighted by atomic mass is 32.2. The molecule has 0 aliphatic rings. The fourth-order valence-electron chi connectivity index (χ4n) is 2.52. The number of hydrogen-bond acceptors (Lipinski definition) is 5. The van der Waals surface area contributed by atoms with Gasteiger partial charge in [-0.1, -0.05) is 19.9 Å². The van der Waals surface area contributed by atoms with Crippen molar-refractivity contribution in [3.05, 3.63) is 56.8 Å². The van der Waals surface area contributed by atoms with E-state index in [0.717, 1.165) is 16.3 Å². The largest absolute Gasteiger partial charge is 0.336 e. The molecule has 1 N–H and O–H groups in total. The molecule has 3 aromatic rings. The molecule has 3 aromatic heterocycles. The summed E-state index contributed by atoms with van der Waals surface area (Å²) in [5.41, 5.74) is 0.936. The van der Waals surface area contributed by atoms with Gasteiger partial charge in [0, 0.05) is 24.0 Å². The fraction of sp³-hybridized carbons (Fsp3) is 0.312. The first-order chi connectivity index (χ1) is 11.4. The molecule has 0 radical (unpaired) electrons. The number of nitrogens with zero attached hydrogens (tertiary/aromatic N) is 2. The summed E-state index contributed by atoms with van der Waals surface area (Å²) in [6.07, 6.45) is 1.57. The first-order valence-corrected chi connectivity index (χ1v) is 10.8. The zero-order valence-electron chi connectivity index (χ0n) is 13.6. The summed E-state index contributed by atoms with van der Waals surface area (Å²) in [4.78, 5) is 5.27. The highest BCUT2D eigenvalue weighted by Crippen LogP contribution is 2.29. The zero-order chi connectivity index (χ0) is 17.3. The van der Waals surface area contributed by atoms with Crippen molar-refractivity contribution in [2.45, 2.75) is 30.8 Å². The molecular weight excluding hydrogens is 362 g/mol. The van der Waals surface area contributed by atoms with Gasteiger partial charge in [-0.25, -0.2) is 13.4 Å². The monoisotopic (exact) mass is 381 g/mol. The molecule has 128 valence electrons. The van der Waals surface area contributed by atoms with E-state index in [1.54, 1.807) is 22.1 Å². The third-order valence-corrected chi connectivity index (χ3v) is 6.59. The van der Waals surface area contributed by atoms with Crippen molar-refractivity contribution in [1.82, 2.24) is 14.3 Å². The molecular formula is C16H19N3O2S3. The molecule has 0 saturated carbocycles. The van der Waals surface area contributed by atoms with Crippen LogP contribution < -0.4 is 4.72 Å².